The van der Waals surface area contributed by atoms with Gasteiger partial charge in [0.1, 0.15) is 16.6 Å². The van der Waals surface area contributed by atoms with Gasteiger partial charge in [-0.25, -0.2) is 0 Å². The third-order valence-electron chi connectivity index (χ3n) is 1.45. The van der Waals surface area contributed by atoms with Crippen molar-refractivity contribution in [2.45, 2.75) is 19.6 Å². The molecule has 0 aromatic heterocycles. The highest BCUT2D eigenvalue weighted by Crippen LogP contribution is 2.07. The Morgan fingerprint density at radius 1 is 1.62 bits per heavy atom. The molecular formula is C7H22O3Si3. The van der Waals surface area contributed by atoms with Gasteiger partial charge in [-0.05, 0) is 16.7 Å². The first-order chi connectivity index (χ1) is 6.20. The Bertz CT molecular complexity index is 105. The van der Waals surface area contributed by atoms with Gasteiger partial charge in [0, 0.05) is 21.2 Å². The lowest BCUT2D eigenvalue weighted by molar-refractivity contribution is 0.153. The number of ether oxygens (including phenoxy) is 2. The maximum Gasteiger partial charge on any atom is 0.145 e. The van der Waals surface area contributed by atoms with E-state index < -0.39 is 0 Å². The van der Waals surface area contributed by atoms with Crippen LogP contribution in [0.2, 0.25) is 6.55 Å². The van der Waals surface area contributed by atoms with Crippen LogP contribution in [0, 0.1) is 0 Å². The molecule has 1 heterocycles. The van der Waals surface area contributed by atoms with Crippen molar-refractivity contribution < 1.29 is 13.9 Å². The summed E-state index contributed by atoms with van der Waals surface area (Å²) in [6.45, 7) is 7.00. The normalized spacial score (nSPS) is 22.2. The van der Waals surface area contributed by atoms with Crippen LogP contribution in [-0.4, -0.2) is 60.7 Å². The molecule has 80 valence electrons. The van der Waals surface area contributed by atoms with Crippen LogP contribution in [0.15, 0.2) is 0 Å². The summed E-state index contributed by atoms with van der Waals surface area (Å²) in [5, 5.41) is 0. The average molecular weight is 239 g/mol. The van der Waals surface area contributed by atoms with Crippen LogP contribution in [0.5, 0.6) is 0 Å². The molecule has 0 aliphatic carbocycles. The minimum atomic E-state index is -0.341. The van der Waals surface area contributed by atoms with Gasteiger partial charge >= 0.3 is 0 Å². The lowest BCUT2D eigenvalue weighted by Crippen LogP contribution is -2.18. The number of hydrogen-bond donors (Lipinski definition) is 0. The van der Waals surface area contributed by atoms with Gasteiger partial charge in [0.05, 0.1) is 13.2 Å². The fraction of sp³-hybridized carbons (Fsp3) is 1.00. The predicted molar refractivity (Wildman–Crippen MR) is 65.1 cm³/mol. The van der Waals surface area contributed by atoms with E-state index >= 15 is 0 Å². The molecule has 0 saturated carbocycles. The quantitative estimate of drug-likeness (QED) is 0.409. The second-order valence-electron chi connectivity index (χ2n) is 3.46. The summed E-state index contributed by atoms with van der Waals surface area (Å²) in [5.41, 5.74) is 0. The van der Waals surface area contributed by atoms with E-state index in [-0.39, 0.29) is 8.31 Å². The van der Waals surface area contributed by atoms with Crippen molar-refractivity contribution in [3.63, 3.8) is 0 Å². The predicted octanol–water partition coefficient (Wildman–Crippen LogP) is -2.04. The number of hydrogen-bond acceptors (Lipinski definition) is 3. The standard InChI is InChI=1S/C5H14O2Si2.C2H8OSi/c1-9(8)4-6-2-5-3-7-5;1-2-3-4/h5,9H,2-4H2,1,8H3;2H2,1,4H3. The Hall–Kier alpha value is 0.531. The fourth-order valence-electron chi connectivity index (χ4n) is 0.599. The number of epoxide rings is 1. The maximum atomic E-state index is 5.39. The summed E-state index contributed by atoms with van der Waals surface area (Å²) in [6.07, 6.45) is 1.52. The smallest absolute Gasteiger partial charge is 0.145 e. The maximum absolute atomic E-state index is 5.39. The van der Waals surface area contributed by atoms with Gasteiger partial charge in [0.2, 0.25) is 0 Å². The molecule has 13 heavy (non-hydrogen) atoms. The van der Waals surface area contributed by atoms with E-state index in [0.717, 1.165) is 36.5 Å². The van der Waals surface area contributed by atoms with Crippen LogP contribution < -0.4 is 0 Å². The van der Waals surface area contributed by atoms with Crippen LogP contribution in [0.25, 0.3) is 0 Å². The molecule has 6 heteroatoms. The highest BCUT2D eigenvalue weighted by atomic mass is 29.1. The van der Waals surface area contributed by atoms with E-state index in [1.807, 2.05) is 6.92 Å². The van der Waals surface area contributed by atoms with Crippen LogP contribution in [-0.2, 0) is 13.9 Å². The van der Waals surface area contributed by atoms with Gasteiger partial charge in [-0.1, -0.05) is 6.55 Å². The molecule has 1 rings (SSSR count). The zero-order valence-electron chi connectivity index (χ0n) is 9.21. The second-order valence-corrected chi connectivity index (χ2v) is 13.1. The lowest BCUT2D eigenvalue weighted by Gasteiger charge is -2.02. The fourth-order valence-corrected chi connectivity index (χ4v) is 1.91. The van der Waals surface area contributed by atoms with Crippen LogP contribution >= 0.6 is 0 Å². The van der Waals surface area contributed by atoms with Crippen molar-refractivity contribution in [3.05, 3.63) is 0 Å². The van der Waals surface area contributed by atoms with Crippen molar-refractivity contribution in [2.75, 3.05) is 26.1 Å². The number of rotatable bonds is 5. The summed E-state index contributed by atoms with van der Waals surface area (Å²) in [6, 6.07) is 0. The molecular weight excluding hydrogens is 216 g/mol. The molecule has 1 aliphatic heterocycles. The summed E-state index contributed by atoms with van der Waals surface area (Å²) < 4.78 is 15.1. The topological polar surface area (TPSA) is 31.0 Å². The minimum absolute atomic E-state index is 0.341. The summed E-state index contributed by atoms with van der Waals surface area (Å²) in [4.78, 5) is 0. The Kier molecular flexibility index (Phi) is 9.47. The van der Waals surface area contributed by atoms with Gasteiger partial charge in [0.15, 0.2) is 0 Å². The zero-order chi connectivity index (χ0) is 10.1. The van der Waals surface area contributed by atoms with E-state index in [2.05, 4.69) is 11.0 Å². The molecule has 2 unspecified atom stereocenters. The first-order valence-corrected chi connectivity index (χ1v) is 12.3. The molecule has 1 aliphatic rings. The van der Waals surface area contributed by atoms with Crippen molar-refractivity contribution in [1.29, 1.82) is 0 Å². The Balaban J connectivity index is 0.000000310. The summed E-state index contributed by atoms with van der Waals surface area (Å²) in [5.74, 6) is 0. The first kappa shape index (κ1) is 13.5. The molecule has 3 nitrogen and oxygen atoms in total. The van der Waals surface area contributed by atoms with Gasteiger partial charge in [0.25, 0.3) is 0 Å². The van der Waals surface area contributed by atoms with Crippen LogP contribution in [0.3, 0.4) is 0 Å². The van der Waals surface area contributed by atoms with Gasteiger partial charge in [-0.3, -0.25) is 0 Å². The van der Waals surface area contributed by atoms with Gasteiger partial charge < -0.3 is 13.9 Å². The molecule has 0 aromatic carbocycles. The van der Waals surface area contributed by atoms with Crippen molar-refractivity contribution >= 4 is 28.6 Å². The lowest BCUT2D eigenvalue weighted by atomic mass is 10.5. The van der Waals surface area contributed by atoms with E-state index in [0.29, 0.717) is 6.10 Å². The van der Waals surface area contributed by atoms with Crippen LogP contribution in [0.4, 0.5) is 0 Å². The summed E-state index contributed by atoms with van der Waals surface area (Å²) in [7, 11) is 1.92. The molecule has 0 N–H and O–H groups in total. The third kappa shape index (κ3) is 12.5. The summed E-state index contributed by atoms with van der Waals surface area (Å²) >= 11 is 0. The average Bonchev–Trinajstić information content (AvgIpc) is 2.88. The molecule has 0 bridgehead atoms. The highest BCUT2D eigenvalue weighted by molar-refractivity contribution is 7.02. The first-order valence-electron chi connectivity index (χ1n) is 4.89. The third-order valence-corrected chi connectivity index (χ3v) is 3.93. The van der Waals surface area contributed by atoms with Gasteiger partial charge in [-0.15, -0.1) is 0 Å². The highest BCUT2D eigenvalue weighted by Gasteiger charge is 2.22. The van der Waals surface area contributed by atoms with Crippen molar-refractivity contribution in [2.24, 2.45) is 0 Å². The van der Waals surface area contributed by atoms with Crippen molar-refractivity contribution in [3.8, 4) is 0 Å². The Morgan fingerprint density at radius 3 is 2.46 bits per heavy atom. The Labute approximate surface area is 88.5 Å². The molecule has 1 fully saturated rings. The van der Waals surface area contributed by atoms with E-state index in [4.69, 9.17) is 9.47 Å². The molecule has 0 radical (unpaired) electrons. The molecule has 2 atom stereocenters. The molecule has 1 saturated heterocycles. The zero-order valence-corrected chi connectivity index (χ0v) is 14.4. The van der Waals surface area contributed by atoms with E-state index in [1.165, 1.54) is 9.76 Å². The largest absolute Gasteiger partial charge is 0.428 e. The van der Waals surface area contributed by atoms with Crippen molar-refractivity contribution in [1.82, 2.24) is 0 Å². The van der Waals surface area contributed by atoms with Crippen LogP contribution in [0.1, 0.15) is 6.92 Å². The molecule has 0 amide bonds. The minimum Gasteiger partial charge on any atom is -0.428 e. The van der Waals surface area contributed by atoms with Gasteiger partial charge in [-0.2, -0.15) is 0 Å². The second kappa shape index (κ2) is 9.10. The SMILES string of the molecule is CCO[SiH3].C[SiH]([SiH3])COCC1CO1. The van der Waals surface area contributed by atoms with E-state index in [9.17, 15) is 0 Å². The Morgan fingerprint density at radius 2 is 2.15 bits per heavy atom. The molecule has 0 spiro atoms. The van der Waals surface area contributed by atoms with E-state index in [1.54, 1.807) is 0 Å². The monoisotopic (exact) mass is 238 g/mol. The molecule has 0 aromatic rings.